The summed E-state index contributed by atoms with van der Waals surface area (Å²) in [5.74, 6) is -1.71. The smallest absolute Gasteiger partial charge is 0.333 e. The first-order valence-corrected chi connectivity index (χ1v) is 9.15. The molecule has 2 atom stereocenters. The van der Waals surface area contributed by atoms with Gasteiger partial charge in [0.2, 0.25) is 0 Å². The number of hydrogen-bond acceptors (Lipinski definition) is 4. The average molecular weight is 373 g/mol. The standard InChI is InChI=1S/C18H28FNO4S/c1-16(2,3)11-18(15(21)22,20-25(23)17(4,5)6)13-9-8-12(24-7)10-14(13)19/h8-10,20H,11H2,1-7H3,(H,21,22)/t18-,25?/m1/s1. The molecule has 0 amide bonds. The number of carboxylic acids is 1. The van der Waals surface area contributed by atoms with Gasteiger partial charge in [-0.15, -0.1) is 4.72 Å². The lowest BCUT2D eigenvalue weighted by Crippen LogP contribution is -2.57. The number of carbonyl (C=O) groups is 1. The third kappa shape index (κ3) is 5.33. The largest absolute Gasteiger partial charge is 0.598 e. The molecular weight excluding hydrogens is 345 g/mol. The van der Waals surface area contributed by atoms with E-state index in [4.69, 9.17) is 4.74 Å². The molecule has 1 aromatic carbocycles. The summed E-state index contributed by atoms with van der Waals surface area (Å²) in [7, 11) is 1.40. The van der Waals surface area contributed by atoms with Crippen LogP contribution in [-0.4, -0.2) is 27.5 Å². The number of halogens is 1. The Bertz CT molecular complexity index is 624. The van der Waals surface area contributed by atoms with E-state index in [0.717, 1.165) is 6.07 Å². The van der Waals surface area contributed by atoms with Gasteiger partial charge in [0.25, 0.3) is 0 Å². The van der Waals surface area contributed by atoms with Gasteiger partial charge >= 0.3 is 5.97 Å². The van der Waals surface area contributed by atoms with Crippen LogP contribution in [0.1, 0.15) is 53.5 Å². The molecule has 0 saturated heterocycles. The maximum Gasteiger partial charge on any atom is 0.333 e. The number of benzene rings is 1. The fourth-order valence-corrected chi connectivity index (χ4v) is 3.39. The molecule has 1 aromatic rings. The number of aliphatic carboxylic acids is 1. The fraction of sp³-hybridized carbons (Fsp3) is 0.611. The first-order chi connectivity index (χ1) is 11.2. The molecule has 1 unspecified atom stereocenters. The van der Waals surface area contributed by atoms with Crippen molar-refractivity contribution in [1.82, 2.24) is 4.72 Å². The van der Waals surface area contributed by atoms with Crippen molar-refractivity contribution in [2.75, 3.05) is 7.11 Å². The zero-order valence-corrected chi connectivity index (χ0v) is 16.7. The highest BCUT2D eigenvalue weighted by Crippen LogP contribution is 2.39. The number of rotatable bonds is 6. The van der Waals surface area contributed by atoms with Crippen LogP contribution in [-0.2, 0) is 21.7 Å². The van der Waals surface area contributed by atoms with E-state index in [1.165, 1.54) is 19.2 Å². The van der Waals surface area contributed by atoms with Crippen LogP contribution in [0.15, 0.2) is 18.2 Å². The van der Waals surface area contributed by atoms with Crippen molar-refractivity contribution in [2.24, 2.45) is 5.41 Å². The van der Waals surface area contributed by atoms with Gasteiger partial charge in [-0.05, 0) is 44.7 Å². The Morgan fingerprint density at radius 2 is 1.84 bits per heavy atom. The highest BCUT2D eigenvalue weighted by atomic mass is 32.2. The molecule has 0 radical (unpaired) electrons. The lowest BCUT2D eigenvalue weighted by atomic mass is 9.76. The van der Waals surface area contributed by atoms with E-state index >= 15 is 0 Å². The summed E-state index contributed by atoms with van der Waals surface area (Å²) >= 11 is -1.71. The summed E-state index contributed by atoms with van der Waals surface area (Å²) in [6, 6.07) is 4.01. The third-order valence-corrected chi connectivity index (χ3v) is 5.27. The molecule has 5 nitrogen and oxygen atoms in total. The molecule has 25 heavy (non-hydrogen) atoms. The predicted molar refractivity (Wildman–Crippen MR) is 97.4 cm³/mol. The van der Waals surface area contributed by atoms with E-state index in [1.54, 1.807) is 20.8 Å². The zero-order chi connectivity index (χ0) is 19.6. The van der Waals surface area contributed by atoms with Crippen molar-refractivity contribution >= 4 is 17.3 Å². The van der Waals surface area contributed by atoms with Crippen LogP contribution < -0.4 is 9.46 Å². The topological polar surface area (TPSA) is 81.6 Å². The van der Waals surface area contributed by atoms with Crippen molar-refractivity contribution in [3.63, 3.8) is 0 Å². The molecule has 0 saturated carbocycles. The van der Waals surface area contributed by atoms with Crippen LogP contribution in [0.3, 0.4) is 0 Å². The highest BCUT2D eigenvalue weighted by Gasteiger charge is 2.50. The molecule has 0 aromatic heterocycles. The highest BCUT2D eigenvalue weighted by molar-refractivity contribution is 7.90. The van der Waals surface area contributed by atoms with Crippen molar-refractivity contribution in [2.45, 2.75) is 58.2 Å². The van der Waals surface area contributed by atoms with Crippen LogP contribution in [0.25, 0.3) is 0 Å². The van der Waals surface area contributed by atoms with Gasteiger partial charge in [0, 0.05) is 23.0 Å². The van der Waals surface area contributed by atoms with Gasteiger partial charge < -0.3 is 14.4 Å². The van der Waals surface area contributed by atoms with Crippen LogP contribution >= 0.6 is 0 Å². The quantitative estimate of drug-likeness (QED) is 0.745. The number of methoxy groups -OCH3 is 1. The Balaban J connectivity index is 3.57. The summed E-state index contributed by atoms with van der Waals surface area (Å²) in [4.78, 5) is 12.3. The fourth-order valence-electron chi connectivity index (χ4n) is 2.50. The Labute approximate surface area is 152 Å². The van der Waals surface area contributed by atoms with E-state index in [2.05, 4.69) is 4.72 Å². The van der Waals surface area contributed by atoms with Gasteiger partial charge in [-0.1, -0.05) is 20.8 Å². The summed E-state index contributed by atoms with van der Waals surface area (Å²) in [6.07, 6.45) is 0.0560. The zero-order valence-electron chi connectivity index (χ0n) is 15.9. The number of carboxylic acid groups (broad SMARTS) is 1. The van der Waals surface area contributed by atoms with Crippen molar-refractivity contribution in [3.8, 4) is 5.75 Å². The van der Waals surface area contributed by atoms with Gasteiger partial charge in [0.05, 0.1) is 7.11 Å². The minimum Gasteiger partial charge on any atom is -0.598 e. The van der Waals surface area contributed by atoms with Crippen LogP contribution in [0, 0.1) is 11.2 Å². The van der Waals surface area contributed by atoms with Crippen LogP contribution in [0.2, 0.25) is 0 Å². The molecule has 7 heteroatoms. The second kappa shape index (κ2) is 7.51. The van der Waals surface area contributed by atoms with Crippen molar-refractivity contribution in [3.05, 3.63) is 29.6 Å². The molecule has 0 aliphatic carbocycles. The average Bonchev–Trinajstić information content (AvgIpc) is 2.43. The van der Waals surface area contributed by atoms with E-state index < -0.39 is 38.8 Å². The second-order valence-corrected chi connectivity index (χ2v) is 10.2. The predicted octanol–water partition coefficient (Wildman–Crippen LogP) is 3.60. The molecule has 2 N–H and O–H groups in total. The van der Waals surface area contributed by atoms with E-state index in [1.807, 2.05) is 20.8 Å². The molecule has 0 bridgehead atoms. The van der Waals surface area contributed by atoms with Crippen LogP contribution in [0.4, 0.5) is 4.39 Å². The molecule has 142 valence electrons. The normalized spacial score (nSPS) is 16.2. The van der Waals surface area contributed by atoms with Gasteiger partial charge in [-0.2, -0.15) is 0 Å². The van der Waals surface area contributed by atoms with Gasteiger partial charge in [-0.25, -0.2) is 9.18 Å². The van der Waals surface area contributed by atoms with E-state index in [9.17, 15) is 18.8 Å². The number of nitrogens with one attached hydrogen (secondary N) is 1. The summed E-state index contributed by atoms with van der Waals surface area (Å²) < 4.78 is 34.4. The van der Waals surface area contributed by atoms with E-state index in [0.29, 0.717) is 0 Å². The summed E-state index contributed by atoms with van der Waals surface area (Å²) in [5, 5.41) is 10.0. The SMILES string of the molecule is COc1ccc([C@@](CC(C)(C)C)(N[S+]([O-])C(C)(C)C)C(=O)O)c(F)c1. The molecule has 0 fully saturated rings. The minimum atomic E-state index is -1.83. The molecular formula is C18H28FNO4S. The third-order valence-electron chi connectivity index (χ3n) is 3.62. The second-order valence-electron chi connectivity index (χ2n) is 8.28. The van der Waals surface area contributed by atoms with E-state index in [-0.39, 0.29) is 17.7 Å². The van der Waals surface area contributed by atoms with Crippen LogP contribution in [0.5, 0.6) is 5.75 Å². The Hall–Kier alpha value is -1.31. The van der Waals surface area contributed by atoms with Crippen molar-refractivity contribution in [1.29, 1.82) is 0 Å². The molecule has 0 aliphatic heterocycles. The molecule has 0 aliphatic rings. The lowest BCUT2D eigenvalue weighted by Gasteiger charge is -2.38. The van der Waals surface area contributed by atoms with Gasteiger partial charge in [0.1, 0.15) is 16.3 Å². The summed E-state index contributed by atoms with van der Waals surface area (Å²) in [5.41, 5.74) is -2.35. The lowest BCUT2D eigenvalue weighted by molar-refractivity contribution is -0.146. The van der Waals surface area contributed by atoms with Crippen molar-refractivity contribution < 1.29 is 23.6 Å². The number of ether oxygens (including phenoxy) is 1. The minimum absolute atomic E-state index is 0.0560. The maximum absolute atomic E-state index is 14.7. The monoisotopic (exact) mass is 373 g/mol. The Morgan fingerprint density at radius 1 is 1.28 bits per heavy atom. The maximum atomic E-state index is 14.7. The molecule has 0 heterocycles. The Kier molecular flexibility index (Phi) is 6.53. The molecule has 1 rings (SSSR count). The molecule has 0 spiro atoms. The summed E-state index contributed by atoms with van der Waals surface area (Å²) in [6.45, 7) is 10.7. The first-order valence-electron chi connectivity index (χ1n) is 8.00. The first kappa shape index (κ1) is 21.7. The number of hydrogen-bond donors (Lipinski definition) is 2. The Morgan fingerprint density at radius 3 is 2.20 bits per heavy atom. The van der Waals surface area contributed by atoms with Gasteiger partial charge in [-0.3, -0.25) is 0 Å². The van der Waals surface area contributed by atoms with Gasteiger partial charge in [0.15, 0.2) is 5.54 Å².